The minimum atomic E-state index is -1.14. The van der Waals surface area contributed by atoms with Crippen molar-refractivity contribution in [3.05, 3.63) is 29.3 Å². The van der Waals surface area contributed by atoms with Gasteiger partial charge in [-0.05, 0) is 12.1 Å². The van der Waals surface area contributed by atoms with Crippen molar-refractivity contribution in [1.29, 1.82) is 0 Å². The lowest BCUT2D eigenvalue weighted by molar-refractivity contribution is 0.0691. The average molecular weight is 265 g/mol. The van der Waals surface area contributed by atoms with E-state index < -0.39 is 5.97 Å². The summed E-state index contributed by atoms with van der Waals surface area (Å²) in [5.41, 5.74) is 0.0451. The van der Waals surface area contributed by atoms with Gasteiger partial charge in [-0.1, -0.05) is 0 Å². The van der Waals surface area contributed by atoms with Crippen molar-refractivity contribution in [3.63, 3.8) is 0 Å². The number of hydrogen-bond donors (Lipinski definition) is 3. The molecule has 3 N–H and O–H groups in total. The molecule has 1 aromatic heterocycles. The standard InChI is InChI=1S/C10H7N3O4S/c14-5-1-2-6(8(15)3-5)12-13-10-11-7(4-18-10)9(16)17/h1-4,14-15H,(H,16,17). The Morgan fingerprint density at radius 2 is 2.06 bits per heavy atom. The van der Waals surface area contributed by atoms with Crippen LogP contribution in [0.3, 0.4) is 0 Å². The fraction of sp³-hybridized carbons (Fsp3) is 0. The van der Waals surface area contributed by atoms with Gasteiger partial charge in [0.05, 0.1) is 0 Å². The fourth-order valence-corrected chi connectivity index (χ4v) is 1.71. The predicted octanol–water partition coefficient (Wildman–Crippen LogP) is 2.67. The van der Waals surface area contributed by atoms with Gasteiger partial charge in [-0.25, -0.2) is 9.78 Å². The van der Waals surface area contributed by atoms with Crippen LogP contribution in [-0.2, 0) is 0 Å². The fourth-order valence-electron chi connectivity index (χ4n) is 1.10. The lowest BCUT2D eigenvalue weighted by atomic mass is 10.3. The minimum Gasteiger partial charge on any atom is -0.508 e. The van der Waals surface area contributed by atoms with Crippen LogP contribution in [0.25, 0.3) is 0 Å². The molecule has 1 heterocycles. The zero-order valence-corrected chi connectivity index (χ0v) is 9.63. The first kappa shape index (κ1) is 12.0. The number of aromatic nitrogens is 1. The SMILES string of the molecule is O=C(O)c1csc(N=Nc2ccc(O)cc2O)n1. The van der Waals surface area contributed by atoms with Crippen molar-refractivity contribution in [2.45, 2.75) is 0 Å². The summed E-state index contributed by atoms with van der Waals surface area (Å²) in [4.78, 5) is 14.3. The van der Waals surface area contributed by atoms with Crippen molar-refractivity contribution in [1.82, 2.24) is 4.98 Å². The van der Waals surface area contributed by atoms with Crippen LogP contribution in [0.2, 0.25) is 0 Å². The summed E-state index contributed by atoms with van der Waals surface area (Å²) in [5, 5.41) is 36.1. The highest BCUT2D eigenvalue weighted by Crippen LogP contribution is 2.31. The number of aromatic carboxylic acids is 1. The van der Waals surface area contributed by atoms with Gasteiger partial charge in [0.2, 0.25) is 5.13 Å². The molecule has 1 aromatic carbocycles. The molecule has 0 bridgehead atoms. The van der Waals surface area contributed by atoms with Crippen LogP contribution in [-0.4, -0.2) is 26.3 Å². The third-order valence-electron chi connectivity index (χ3n) is 1.91. The van der Waals surface area contributed by atoms with E-state index in [0.29, 0.717) is 0 Å². The number of nitrogens with zero attached hydrogens (tertiary/aromatic N) is 3. The lowest BCUT2D eigenvalue weighted by Crippen LogP contribution is -1.94. The maximum atomic E-state index is 10.6. The van der Waals surface area contributed by atoms with Gasteiger partial charge in [0.25, 0.3) is 0 Å². The van der Waals surface area contributed by atoms with Crippen molar-refractivity contribution < 1.29 is 20.1 Å². The Kier molecular flexibility index (Phi) is 3.20. The summed E-state index contributed by atoms with van der Waals surface area (Å²) in [7, 11) is 0. The summed E-state index contributed by atoms with van der Waals surface area (Å²) in [6.45, 7) is 0. The Morgan fingerprint density at radius 1 is 1.28 bits per heavy atom. The van der Waals surface area contributed by atoms with E-state index in [2.05, 4.69) is 15.2 Å². The Balaban J connectivity index is 2.21. The Bertz CT molecular complexity index is 623. The number of carboxylic acids is 1. The van der Waals surface area contributed by atoms with Crippen molar-refractivity contribution in [2.75, 3.05) is 0 Å². The molecule has 0 spiro atoms. The predicted molar refractivity (Wildman–Crippen MR) is 63.0 cm³/mol. The number of benzene rings is 1. The molecule has 2 rings (SSSR count). The molecule has 0 atom stereocenters. The first-order chi connectivity index (χ1) is 8.56. The third-order valence-corrected chi connectivity index (χ3v) is 2.64. The molecule has 0 saturated carbocycles. The first-order valence-electron chi connectivity index (χ1n) is 4.69. The maximum Gasteiger partial charge on any atom is 0.355 e. The van der Waals surface area contributed by atoms with Crippen LogP contribution < -0.4 is 0 Å². The van der Waals surface area contributed by atoms with E-state index in [1.807, 2.05) is 0 Å². The van der Waals surface area contributed by atoms with Crippen LogP contribution in [0.1, 0.15) is 10.5 Å². The number of rotatable bonds is 3. The van der Waals surface area contributed by atoms with Gasteiger partial charge in [-0.2, -0.15) is 0 Å². The largest absolute Gasteiger partial charge is 0.508 e. The van der Waals surface area contributed by atoms with E-state index >= 15 is 0 Å². The smallest absolute Gasteiger partial charge is 0.355 e. The summed E-state index contributed by atoms with van der Waals surface area (Å²) in [5.74, 6) is -1.46. The summed E-state index contributed by atoms with van der Waals surface area (Å²) >= 11 is 1.02. The van der Waals surface area contributed by atoms with Crippen LogP contribution in [0.15, 0.2) is 33.8 Å². The molecule has 0 amide bonds. The van der Waals surface area contributed by atoms with Gasteiger partial charge in [0.15, 0.2) is 5.69 Å². The second-order valence-electron chi connectivity index (χ2n) is 3.19. The topological polar surface area (TPSA) is 115 Å². The monoisotopic (exact) mass is 265 g/mol. The highest BCUT2D eigenvalue weighted by atomic mass is 32.1. The molecule has 7 nitrogen and oxygen atoms in total. The molecule has 0 unspecified atom stereocenters. The number of aromatic hydroxyl groups is 2. The number of carbonyl (C=O) groups is 1. The van der Waals surface area contributed by atoms with Gasteiger partial charge in [-0.3, -0.25) is 0 Å². The highest BCUT2D eigenvalue weighted by molar-refractivity contribution is 7.13. The van der Waals surface area contributed by atoms with Crippen molar-refractivity contribution >= 4 is 28.1 Å². The lowest BCUT2D eigenvalue weighted by Gasteiger charge is -1.96. The normalized spacial score (nSPS) is 10.9. The second kappa shape index (κ2) is 4.80. The van der Waals surface area contributed by atoms with Gasteiger partial charge in [0.1, 0.15) is 17.2 Å². The molecule has 8 heteroatoms. The van der Waals surface area contributed by atoms with Crippen LogP contribution in [0.4, 0.5) is 10.8 Å². The summed E-state index contributed by atoms with van der Waals surface area (Å²) in [6.07, 6.45) is 0. The number of azo groups is 1. The molecule has 0 aliphatic rings. The molecule has 0 saturated heterocycles. The average Bonchev–Trinajstić information content (AvgIpc) is 2.76. The molecule has 2 aromatic rings. The van der Waals surface area contributed by atoms with E-state index in [-0.39, 0.29) is 28.0 Å². The molecule has 0 aliphatic heterocycles. The van der Waals surface area contributed by atoms with Crippen LogP contribution >= 0.6 is 11.3 Å². The van der Waals surface area contributed by atoms with Gasteiger partial charge in [0, 0.05) is 11.4 Å². The Morgan fingerprint density at radius 3 is 2.67 bits per heavy atom. The minimum absolute atomic E-state index is 0.0890. The summed E-state index contributed by atoms with van der Waals surface area (Å²) < 4.78 is 0. The maximum absolute atomic E-state index is 10.6. The molecule has 18 heavy (non-hydrogen) atoms. The number of hydrogen-bond acceptors (Lipinski definition) is 7. The molecule has 0 fully saturated rings. The van der Waals surface area contributed by atoms with Gasteiger partial charge in [-0.15, -0.1) is 21.6 Å². The molecule has 0 radical (unpaired) electrons. The number of phenols is 2. The first-order valence-corrected chi connectivity index (χ1v) is 5.57. The highest BCUT2D eigenvalue weighted by Gasteiger charge is 2.08. The molecule has 0 aliphatic carbocycles. The molecule has 92 valence electrons. The van der Waals surface area contributed by atoms with E-state index in [9.17, 15) is 9.90 Å². The number of carboxylic acid groups (broad SMARTS) is 1. The van der Waals surface area contributed by atoms with E-state index in [1.165, 1.54) is 17.5 Å². The van der Waals surface area contributed by atoms with Crippen molar-refractivity contribution in [3.8, 4) is 11.5 Å². The molecular formula is C10H7N3O4S. The quantitative estimate of drug-likeness (QED) is 0.738. The number of thiazole rings is 1. The zero-order chi connectivity index (χ0) is 13.1. The van der Waals surface area contributed by atoms with E-state index in [0.717, 1.165) is 17.4 Å². The van der Waals surface area contributed by atoms with Crippen LogP contribution in [0, 0.1) is 0 Å². The third kappa shape index (κ3) is 2.61. The van der Waals surface area contributed by atoms with Gasteiger partial charge < -0.3 is 15.3 Å². The molecular weight excluding hydrogens is 258 g/mol. The van der Waals surface area contributed by atoms with Crippen LogP contribution in [0.5, 0.6) is 11.5 Å². The Hall–Kier alpha value is -2.48. The zero-order valence-electron chi connectivity index (χ0n) is 8.81. The Labute approximate surface area is 105 Å². The second-order valence-corrected chi connectivity index (χ2v) is 4.03. The summed E-state index contributed by atoms with van der Waals surface area (Å²) in [6, 6.07) is 3.84. The van der Waals surface area contributed by atoms with E-state index in [4.69, 9.17) is 10.2 Å². The van der Waals surface area contributed by atoms with E-state index in [1.54, 1.807) is 0 Å². The number of phenolic OH excluding ortho intramolecular Hbond substituents is 2. The van der Waals surface area contributed by atoms with Gasteiger partial charge >= 0.3 is 5.97 Å². The van der Waals surface area contributed by atoms with Crippen molar-refractivity contribution in [2.24, 2.45) is 10.2 Å².